The minimum atomic E-state index is -0.807. The van der Waals surface area contributed by atoms with Crippen molar-refractivity contribution < 1.29 is 19.1 Å². The van der Waals surface area contributed by atoms with Crippen molar-refractivity contribution in [3.63, 3.8) is 0 Å². The summed E-state index contributed by atoms with van der Waals surface area (Å²) in [7, 11) is 0. The zero-order valence-corrected chi connectivity index (χ0v) is 19.4. The van der Waals surface area contributed by atoms with E-state index in [-0.39, 0.29) is 18.9 Å². The molecular formula is C25H24INO4. The molecule has 6 heteroatoms. The first-order valence-corrected chi connectivity index (χ1v) is 11.0. The highest BCUT2D eigenvalue weighted by Crippen LogP contribution is 2.24. The first-order chi connectivity index (χ1) is 15.0. The topological polar surface area (TPSA) is 64.6 Å². The fraction of sp³-hybridized carbons (Fsp3) is 0.200. The Morgan fingerprint density at radius 2 is 1.52 bits per heavy atom. The van der Waals surface area contributed by atoms with Crippen LogP contribution in [0.4, 0.5) is 0 Å². The molecule has 160 valence electrons. The molecule has 0 fully saturated rings. The molecule has 0 saturated carbocycles. The smallest absolute Gasteiger partial charge is 0.329 e. The maximum absolute atomic E-state index is 12.8. The van der Waals surface area contributed by atoms with Crippen LogP contribution in [0.1, 0.15) is 23.6 Å². The summed E-state index contributed by atoms with van der Waals surface area (Å²) in [6.45, 7) is 1.95. The van der Waals surface area contributed by atoms with E-state index in [9.17, 15) is 9.59 Å². The first kappa shape index (κ1) is 22.8. The second-order valence-electron chi connectivity index (χ2n) is 7.08. The summed E-state index contributed by atoms with van der Waals surface area (Å²) in [6.07, 6.45) is 0.272. The Bertz CT molecular complexity index is 1010. The molecular weight excluding hydrogens is 505 g/mol. The van der Waals surface area contributed by atoms with Crippen LogP contribution < -0.4 is 10.1 Å². The van der Waals surface area contributed by atoms with E-state index in [0.29, 0.717) is 12.4 Å². The molecule has 0 spiro atoms. The van der Waals surface area contributed by atoms with Crippen molar-refractivity contribution in [3.8, 4) is 5.75 Å². The molecule has 0 aliphatic heterocycles. The normalized spacial score (nSPS) is 11.4. The number of amides is 1. The number of carbonyl (C=O) groups excluding carboxylic acids is 2. The quantitative estimate of drug-likeness (QED) is 0.324. The third-order valence-electron chi connectivity index (χ3n) is 4.57. The molecule has 3 aromatic rings. The van der Waals surface area contributed by atoms with Gasteiger partial charge in [0.2, 0.25) is 5.91 Å². The van der Waals surface area contributed by atoms with Crippen molar-refractivity contribution in [1.82, 2.24) is 5.32 Å². The molecule has 5 nitrogen and oxygen atoms in total. The molecule has 0 aromatic heterocycles. The Morgan fingerprint density at radius 3 is 2.13 bits per heavy atom. The Balaban J connectivity index is 1.72. The van der Waals surface area contributed by atoms with Gasteiger partial charge in [0, 0.05) is 16.9 Å². The Labute approximate surface area is 195 Å². The average Bonchev–Trinajstić information content (AvgIpc) is 2.77. The lowest BCUT2D eigenvalue weighted by atomic mass is 10.0. The molecule has 0 unspecified atom stereocenters. The lowest BCUT2D eigenvalue weighted by molar-refractivity contribution is -0.149. The first-order valence-electron chi connectivity index (χ1n) is 9.94. The van der Waals surface area contributed by atoms with Crippen molar-refractivity contribution in [2.75, 3.05) is 0 Å². The molecule has 3 aromatic carbocycles. The Kier molecular flexibility index (Phi) is 8.46. The van der Waals surface area contributed by atoms with Gasteiger partial charge in [-0.15, -0.1) is 0 Å². The van der Waals surface area contributed by atoms with Crippen LogP contribution in [0.5, 0.6) is 5.75 Å². The van der Waals surface area contributed by atoms with E-state index in [1.165, 1.54) is 6.92 Å². The molecule has 0 aliphatic carbocycles. The highest BCUT2D eigenvalue weighted by atomic mass is 127. The van der Waals surface area contributed by atoms with Crippen LogP contribution in [0.15, 0.2) is 78.9 Å². The molecule has 1 N–H and O–H groups in total. The lowest BCUT2D eigenvalue weighted by Crippen LogP contribution is -2.42. The van der Waals surface area contributed by atoms with E-state index >= 15 is 0 Å². The van der Waals surface area contributed by atoms with Gasteiger partial charge in [-0.1, -0.05) is 60.7 Å². The predicted octanol–water partition coefficient (Wildman–Crippen LogP) is 4.66. The van der Waals surface area contributed by atoms with E-state index < -0.39 is 12.0 Å². The molecule has 1 atom stereocenters. The molecule has 0 aliphatic rings. The van der Waals surface area contributed by atoms with E-state index in [1.807, 2.05) is 78.9 Å². The summed E-state index contributed by atoms with van der Waals surface area (Å²) >= 11 is 2.22. The van der Waals surface area contributed by atoms with Gasteiger partial charge in [0.15, 0.2) is 0 Å². The number of benzene rings is 3. The van der Waals surface area contributed by atoms with Gasteiger partial charge in [-0.05, 0) is 57.5 Å². The number of esters is 1. The highest BCUT2D eigenvalue weighted by molar-refractivity contribution is 14.1. The average molecular weight is 529 g/mol. The summed E-state index contributed by atoms with van der Waals surface area (Å²) in [5.74, 6) is -0.0959. The Morgan fingerprint density at radius 1 is 0.903 bits per heavy atom. The van der Waals surface area contributed by atoms with Crippen LogP contribution >= 0.6 is 22.6 Å². The second kappa shape index (κ2) is 11.5. The molecule has 0 saturated heterocycles. The number of ether oxygens (including phenoxy) is 2. The predicted molar refractivity (Wildman–Crippen MR) is 127 cm³/mol. The number of hydrogen-bond acceptors (Lipinski definition) is 4. The zero-order chi connectivity index (χ0) is 22.1. The maximum Gasteiger partial charge on any atom is 0.329 e. The molecule has 0 heterocycles. The third-order valence-corrected chi connectivity index (χ3v) is 5.24. The van der Waals surface area contributed by atoms with Crippen LogP contribution in [0.3, 0.4) is 0 Å². The van der Waals surface area contributed by atoms with E-state index in [2.05, 4.69) is 27.9 Å². The fourth-order valence-electron chi connectivity index (χ4n) is 3.07. The van der Waals surface area contributed by atoms with Crippen molar-refractivity contribution in [3.05, 3.63) is 99.1 Å². The van der Waals surface area contributed by atoms with Crippen molar-refractivity contribution >= 4 is 34.5 Å². The van der Waals surface area contributed by atoms with Gasteiger partial charge in [0.25, 0.3) is 0 Å². The SMILES string of the molecule is CC(=O)N[C@@H](Cc1cc(I)ccc1OCc1ccccc1)C(=O)OCc1ccccc1. The van der Waals surface area contributed by atoms with Crippen molar-refractivity contribution in [2.24, 2.45) is 0 Å². The van der Waals surface area contributed by atoms with Gasteiger partial charge in [-0.3, -0.25) is 4.79 Å². The largest absolute Gasteiger partial charge is 0.489 e. The minimum Gasteiger partial charge on any atom is -0.489 e. The van der Waals surface area contributed by atoms with Crippen LogP contribution in [0.25, 0.3) is 0 Å². The van der Waals surface area contributed by atoms with Gasteiger partial charge in [0.1, 0.15) is 25.0 Å². The maximum atomic E-state index is 12.8. The van der Waals surface area contributed by atoms with Crippen LogP contribution in [-0.4, -0.2) is 17.9 Å². The molecule has 3 rings (SSSR count). The van der Waals surface area contributed by atoms with E-state index in [4.69, 9.17) is 9.47 Å². The van der Waals surface area contributed by atoms with Crippen LogP contribution in [-0.2, 0) is 34.0 Å². The monoisotopic (exact) mass is 529 g/mol. The van der Waals surface area contributed by atoms with Gasteiger partial charge in [-0.25, -0.2) is 4.79 Å². The Hall–Kier alpha value is -2.87. The van der Waals surface area contributed by atoms with Crippen molar-refractivity contribution in [2.45, 2.75) is 32.6 Å². The minimum absolute atomic E-state index is 0.152. The van der Waals surface area contributed by atoms with E-state index in [0.717, 1.165) is 20.3 Å². The molecule has 0 radical (unpaired) electrons. The lowest BCUT2D eigenvalue weighted by Gasteiger charge is -2.19. The number of carbonyl (C=O) groups is 2. The fourth-order valence-corrected chi connectivity index (χ4v) is 3.63. The zero-order valence-electron chi connectivity index (χ0n) is 17.2. The standard InChI is InChI=1S/C25H24INO4/c1-18(28)27-23(25(29)31-17-20-10-6-3-7-11-20)15-21-14-22(26)12-13-24(21)30-16-19-8-4-2-5-9-19/h2-14,23H,15-17H2,1H3,(H,27,28)/t23-/m0/s1. The van der Waals surface area contributed by atoms with Gasteiger partial charge >= 0.3 is 5.97 Å². The van der Waals surface area contributed by atoms with Crippen molar-refractivity contribution in [1.29, 1.82) is 0 Å². The summed E-state index contributed by atoms with van der Waals surface area (Å²) in [4.78, 5) is 24.5. The van der Waals surface area contributed by atoms with Crippen LogP contribution in [0.2, 0.25) is 0 Å². The summed E-state index contributed by atoms with van der Waals surface area (Å²) in [5, 5.41) is 2.71. The summed E-state index contributed by atoms with van der Waals surface area (Å²) < 4.78 is 12.5. The number of halogens is 1. The number of rotatable bonds is 9. The third kappa shape index (κ3) is 7.40. The summed E-state index contributed by atoms with van der Waals surface area (Å²) in [6, 6.07) is 24.3. The van der Waals surface area contributed by atoms with Gasteiger partial charge in [-0.2, -0.15) is 0 Å². The molecule has 0 bridgehead atoms. The number of hydrogen-bond donors (Lipinski definition) is 1. The highest BCUT2D eigenvalue weighted by Gasteiger charge is 2.23. The van der Waals surface area contributed by atoms with Crippen LogP contribution in [0, 0.1) is 3.57 Å². The van der Waals surface area contributed by atoms with Gasteiger partial charge in [0.05, 0.1) is 0 Å². The number of nitrogens with one attached hydrogen (secondary N) is 1. The van der Waals surface area contributed by atoms with E-state index in [1.54, 1.807) is 0 Å². The van der Waals surface area contributed by atoms with Gasteiger partial charge < -0.3 is 14.8 Å². The summed E-state index contributed by atoms with van der Waals surface area (Å²) in [5.41, 5.74) is 2.77. The molecule has 31 heavy (non-hydrogen) atoms. The second-order valence-corrected chi connectivity index (χ2v) is 8.32. The molecule has 1 amide bonds.